The summed E-state index contributed by atoms with van der Waals surface area (Å²) in [6.45, 7) is 0.341. The second-order valence-electron chi connectivity index (χ2n) is 10.9. The van der Waals surface area contributed by atoms with Gasteiger partial charge in [0.05, 0.1) is 31.7 Å². The van der Waals surface area contributed by atoms with Crippen molar-refractivity contribution in [2.24, 2.45) is 17.8 Å². The molecule has 1 aliphatic carbocycles. The summed E-state index contributed by atoms with van der Waals surface area (Å²) in [5.74, 6) is -0.927. The number of carbonyl (C=O) groups is 3. The van der Waals surface area contributed by atoms with Crippen LogP contribution in [0.2, 0.25) is 0 Å². The van der Waals surface area contributed by atoms with Gasteiger partial charge in [0.1, 0.15) is 30.5 Å². The normalized spacial score (nSPS) is 23.4. The number of aliphatic hydroxyl groups excluding tert-OH is 1. The van der Waals surface area contributed by atoms with Crippen molar-refractivity contribution < 1.29 is 38.1 Å². The van der Waals surface area contributed by atoms with E-state index in [2.05, 4.69) is 0 Å². The van der Waals surface area contributed by atoms with E-state index < -0.39 is 29.7 Å². The molecule has 3 aliphatic rings. The van der Waals surface area contributed by atoms with Crippen LogP contribution in [-0.4, -0.2) is 54.3 Å². The lowest BCUT2D eigenvalue weighted by Gasteiger charge is -2.31. The Labute approximate surface area is 249 Å². The van der Waals surface area contributed by atoms with Crippen LogP contribution in [0.1, 0.15) is 36.3 Å². The van der Waals surface area contributed by atoms with Gasteiger partial charge in [0.25, 0.3) is 0 Å². The number of para-hydroxylation sites is 1. The Balaban J connectivity index is 1.30. The number of fused-ring (bicyclic) bond motifs is 3. The highest BCUT2D eigenvalue weighted by atomic mass is 16.5. The number of amides is 3. The Morgan fingerprint density at radius 1 is 1.00 bits per heavy atom. The van der Waals surface area contributed by atoms with Gasteiger partial charge in [0.2, 0.25) is 11.8 Å². The summed E-state index contributed by atoms with van der Waals surface area (Å²) >= 11 is 0. The van der Waals surface area contributed by atoms with Crippen LogP contribution in [0.5, 0.6) is 5.75 Å². The molecule has 9 heteroatoms. The summed E-state index contributed by atoms with van der Waals surface area (Å²) in [6, 6.07) is 23.0. The highest BCUT2D eigenvalue weighted by molar-refractivity contribution is 6.16. The summed E-state index contributed by atoms with van der Waals surface area (Å²) in [7, 11) is 1.16. The molecule has 2 saturated heterocycles. The third-order valence-corrected chi connectivity index (χ3v) is 8.50. The lowest BCUT2D eigenvalue weighted by molar-refractivity contribution is -0.137. The van der Waals surface area contributed by atoms with Crippen molar-refractivity contribution in [3.63, 3.8) is 0 Å². The largest absolute Gasteiger partial charge is 0.489 e. The first-order valence-electron chi connectivity index (χ1n) is 14.4. The summed E-state index contributed by atoms with van der Waals surface area (Å²) in [4.78, 5) is 39.7. The Morgan fingerprint density at radius 3 is 2.44 bits per heavy atom. The molecular formula is C34H33NO8. The number of allylic oxidation sites excluding steroid dienone is 1. The van der Waals surface area contributed by atoms with E-state index in [9.17, 15) is 19.5 Å². The molecule has 2 aromatic carbocycles. The molecule has 4 atom stereocenters. The maximum Gasteiger partial charge on any atom is 0.423 e. The zero-order chi connectivity index (χ0) is 29.9. The van der Waals surface area contributed by atoms with Gasteiger partial charge in [-0.05, 0) is 71.9 Å². The lowest BCUT2D eigenvalue weighted by Crippen LogP contribution is -2.38. The highest BCUT2D eigenvalue weighted by Gasteiger charge is 2.59. The lowest BCUT2D eigenvalue weighted by atomic mass is 9.69. The van der Waals surface area contributed by atoms with E-state index in [0.717, 1.165) is 29.4 Å². The number of likely N-dealkylation sites (tertiary alicyclic amines) is 1. The summed E-state index contributed by atoms with van der Waals surface area (Å²) < 4.78 is 23.0. The maximum absolute atomic E-state index is 13.4. The molecule has 0 spiro atoms. The molecule has 0 saturated carbocycles. The Bertz CT molecular complexity index is 1560. The second kappa shape index (κ2) is 12.4. The van der Waals surface area contributed by atoms with E-state index in [1.807, 2.05) is 72.8 Å². The minimum Gasteiger partial charge on any atom is -0.489 e. The molecule has 6 rings (SSSR count). The fourth-order valence-corrected chi connectivity index (χ4v) is 6.53. The van der Waals surface area contributed by atoms with E-state index in [4.69, 9.17) is 18.6 Å². The van der Waals surface area contributed by atoms with Gasteiger partial charge in [-0.2, -0.15) is 4.90 Å². The summed E-state index contributed by atoms with van der Waals surface area (Å²) in [6.07, 6.45) is 2.28. The monoisotopic (exact) mass is 583 g/mol. The van der Waals surface area contributed by atoms with Gasteiger partial charge in [-0.15, -0.1) is 0 Å². The van der Waals surface area contributed by atoms with Crippen molar-refractivity contribution >= 4 is 29.6 Å². The fourth-order valence-electron chi connectivity index (χ4n) is 6.53. The van der Waals surface area contributed by atoms with Gasteiger partial charge in [-0.1, -0.05) is 48.5 Å². The molecule has 1 N–H and O–H groups in total. The minimum atomic E-state index is -0.955. The van der Waals surface area contributed by atoms with Crippen molar-refractivity contribution in [1.29, 1.82) is 0 Å². The third-order valence-electron chi connectivity index (χ3n) is 8.50. The van der Waals surface area contributed by atoms with Gasteiger partial charge in [-0.3, -0.25) is 9.59 Å². The molecule has 2 aliphatic heterocycles. The molecule has 3 aromatic rings. The molecule has 0 unspecified atom stereocenters. The van der Waals surface area contributed by atoms with Crippen molar-refractivity contribution in [2.75, 3.05) is 20.3 Å². The number of nitrogens with zero attached hydrogens (tertiary/aromatic N) is 1. The average Bonchev–Trinajstić information content (AvgIpc) is 3.75. The van der Waals surface area contributed by atoms with Crippen LogP contribution >= 0.6 is 0 Å². The molecule has 2 fully saturated rings. The molecule has 0 radical (unpaired) electrons. The molecule has 0 bridgehead atoms. The van der Waals surface area contributed by atoms with Gasteiger partial charge < -0.3 is 23.7 Å². The van der Waals surface area contributed by atoms with Crippen molar-refractivity contribution in [3.8, 4) is 5.75 Å². The smallest absolute Gasteiger partial charge is 0.423 e. The number of carbonyl (C=O) groups excluding carboxylic acids is 3. The fraction of sp³-hybridized carbons (Fsp3) is 0.324. The van der Waals surface area contributed by atoms with E-state index in [-0.39, 0.29) is 31.8 Å². The van der Waals surface area contributed by atoms with Gasteiger partial charge >= 0.3 is 6.09 Å². The summed E-state index contributed by atoms with van der Waals surface area (Å²) in [5.41, 5.74) is 3.98. The standard InChI is InChI=1S/C34H33NO8/c1-40-34(39)35-32(37)27-17-23(19-41-24-10-6-3-7-11-24)30-28(31(27)33(35)38)20-42-29(30)15-12-22(21-8-4-2-5-9-21)16-25-13-14-26(18-36)43-25/h2-11,13-14,16,27-29,31,36H,12,15,17-20H2,1H3/b22-16-/t27-,28+,29-,31-/m1/s1. The maximum atomic E-state index is 13.4. The van der Waals surface area contributed by atoms with Crippen LogP contribution in [0.15, 0.2) is 88.4 Å². The molecular weight excluding hydrogens is 550 g/mol. The topological polar surface area (TPSA) is 116 Å². The van der Waals surface area contributed by atoms with Crippen LogP contribution < -0.4 is 4.74 Å². The number of hydrogen-bond acceptors (Lipinski definition) is 8. The second-order valence-corrected chi connectivity index (χ2v) is 10.9. The molecule has 3 heterocycles. The summed E-state index contributed by atoms with van der Waals surface area (Å²) in [5, 5.41) is 9.44. The zero-order valence-electron chi connectivity index (χ0n) is 23.8. The van der Waals surface area contributed by atoms with Crippen LogP contribution in [-0.2, 0) is 25.7 Å². The molecule has 43 heavy (non-hydrogen) atoms. The SMILES string of the molecule is COC(=O)N1C(=O)[C@@H]2[C@@H](CC(COc3ccccc3)=C3[C@@H](CC/C(=C/c4ccc(CO)o4)c4ccccc4)OC[C@@H]32)C1=O. The number of aliphatic hydroxyl groups is 1. The average molecular weight is 584 g/mol. The van der Waals surface area contributed by atoms with E-state index in [0.29, 0.717) is 41.4 Å². The van der Waals surface area contributed by atoms with E-state index in [1.54, 1.807) is 6.07 Å². The third kappa shape index (κ3) is 5.66. The molecule has 9 nitrogen and oxygen atoms in total. The Kier molecular flexibility index (Phi) is 8.26. The van der Waals surface area contributed by atoms with Gasteiger partial charge in [-0.25, -0.2) is 4.79 Å². The first-order valence-corrected chi connectivity index (χ1v) is 14.4. The first kappa shape index (κ1) is 28.6. The molecule has 222 valence electrons. The number of ether oxygens (including phenoxy) is 3. The quantitative estimate of drug-likeness (QED) is 0.268. The van der Waals surface area contributed by atoms with Gasteiger partial charge in [0.15, 0.2) is 0 Å². The number of imide groups is 3. The number of methoxy groups -OCH3 is 1. The van der Waals surface area contributed by atoms with Gasteiger partial charge in [0, 0.05) is 5.92 Å². The van der Waals surface area contributed by atoms with Crippen molar-refractivity contribution in [3.05, 3.63) is 101 Å². The van der Waals surface area contributed by atoms with Crippen LogP contribution in [0.3, 0.4) is 0 Å². The Hall–Kier alpha value is -4.47. The first-order chi connectivity index (χ1) is 21.0. The predicted octanol–water partition coefficient (Wildman–Crippen LogP) is 5.25. The van der Waals surface area contributed by atoms with Crippen molar-refractivity contribution in [2.45, 2.75) is 32.0 Å². The molecule has 1 aromatic heterocycles. The predicted molar refractivity (Wildman–Crippen MR) is 156 cm³/mol. The minimum absolute atomic E-state index is 0.176. The number of rotatable bonds is 9. The number of benzene rings is 2. The van der Waals surface area contributed by atoms with Crippen LogP contribution in [0, 0.1) is 17.8 Å². The van der Waals surface area contributed by atoms with Crippen LogP contribution in [0.25, 0.3) is 11.6 Å². The number of furan rings is 1. The molecule has 3 amide bonds. The Morgan fingerprint density at radius 2 is 1.74 bits per heavy atom. The van der Waals surface area contributed by atoms with E-state index in [1.165, 1.54) is 0 Å². The van der Waals surface area contributed by atoms with Crippen LogP contribution in [0.4, 0.5) is 4.79 Å². The van der Waals surface area contributed by atoms with Crippen molar-refractivity contribution in [1.82, 2.24) is 4.90 Å². The number of hydrogen-bond donors (Lipinski definition) is 1. The zero-order valence-corrected chi connectivity index (χ0v) is 23.8. The van der Waals surface area contributed by atoms with E-state index >= 15 is 0 Å². The highest BCUT2D eigenvalue weighted by Crippen LogP contribution is 2.50.